The second kappa shape index (κ2) is 5.51. The Morgan fingerprint density at radius 3 is 3.00 bits per heavy atom. The molecule has 6 heteroatoms. The number of imidazole rings is 1. The molecule has 0 atom stereocenters. The molecule has 6 nitrogen and oxygen atoms in total. The Labute approximate surface area is 111 Å². The molecule has 0 amide bonds. The van der Waals surface area contributed by atoms with Crippen LogP contribution in [-0.4, -0.2) is 26.1 Å². The van der Waals surface area contributed by atoms with Gasteiger partial charge in [-0.15, -0.1) is 6.58 Å². The summed E-state index contributed by atoms with van der Waals surface area (Å²) in [6.45, 7) is 10.6. The molecular formula is C13H17N5O. The minimum absolute atomic E-state index is 0.260. The number of rotatable bonds is 6. The van der Waals surface area contributed by atoms with E-state index in [1.165, 1.54) is 0 Å². The molecule has 2 N–H and O–H groups in total. The van der Waals surface area contributed by atoms with Gasteiger partial charge in [-0.05, 0) is 13.3 Å². The summed E-state index contributed by atoms with van der Waals surface area (Å²) in [4.78, 5) is 12.6. The van der Waals surface area contributed by atoms with Gasteiger partial charge in [0.25, 0.3) is 0 Å². The van der Waals surface area contributed by atoms with Gasteiger partial charge in [0.1, 0.15) is 0 Å². The monoisotopic (exact) mass is 259 g/mol. The third-order valence-electron chi connectivity index (χ3n) is 2.46. The highest BCUT2D eigenvalue weighted by molar-refractivity contribution is 5.81. The van der Waals surface area contributed by atoms with E-state index < -0.39 is 0 Å². The van der Waals surface area contributed by atoms with Crippen molar-refractivity contribution in [2.75, 3.05) is 12.3 Å². The normalized spacial score (nSPS) is 10.6. The Balaban J connectivity index is 2.35. The number of nitrogen functional groups attached to an aromatic ring is 1. The molecule has 100 valence electrons. The highest BCUT2D eigenvalue weighted by Gasteiger charge is 2.11. The molecule has 0 aliphatic heterocycles. The molecule has 0 aromatic carbocycles. The first-order valence-corrected chi connectivity index (χ1v) is 5.98. The second-order valence-electron chi connectivity index (χ2n) is 4.32. The first kappa shape index (κ1) is 13.1. The summed E-state index contributed by atoms with van der Waals surface area (Å²) in [6, 6.07) is 0.260. The third kappa shape index (κ3) is 2.90. The van der Waals surface area contributed by atoms with Gasteiger partial charge in [-0.3, -0.25) is 0 Å². The second-order valence-corrected chi connectivity index (χ2v) is 4.32. The maximum atomic E-state index is 5.86. The molecule has 0 aliphatic carbocycles. The van der Waals surface area contributed by atoms with Crippen molar-refractivity contribution in [3.8, 4) is 6.01 Å². The van der Waals surface area contributed by atoms with E-state index in [1.54, 1.807) is 12.4 Å². The fraction of sp³-hybridized carbons (Fsp3) is 0.308. The van der Waals surface area contributed by atoms with E-state index in [0.717, 1.165) is 12.0 Å². The van der Waals surface area contributed by atoms with Crippen LogP contribution in [0.15, 0.2) is 31.1 Å². The highest BCUT2D eigenvalue weighted by Crippen LogP contribution is 2.19. The predicted octanol–water partition coefficient (Wildman–Crippen LogP) is 1.94. The van der Waals surface area contributed by atoms with E-state index in [0.29, 0.717) is 30.1 Å². The number of aromatic nitrogens is 4. The minimum Gasteiger partial charge on any atom is -0.463 e. The Morgan fingerprint density at radius 1 is 1.53 bits per heavy atom. The van der Waals surface area contributed by atoms with E-state index in [2.05, 4.69) is 28.1 Å². The maximum absolute atomic E-state index is 5.86. The zero-order valence-corrected chi connectivity index (χ0v) is 11.0. The predicted molar refractivity (Wildman–Crippen MR) is 74.9 cm³/mol. The topological polar surface area (TPSA) is 78.9 Å². The van der Waals surface area contributed by atoms with Crippen LogP contribution in [0.4, 0.5) is 5.82 Å². The van der Waals surface area contributed by atoms with Crippen LogP contribution in [0.1, 0.15) is 13.3 Å². The van der Waals surface area contributed by atoms with E-state index in [4.69, 9.17) is 10.5 Å². The molecule has 0 saturated heterocycles. The SMILES string of the molecule is C=CCCOc1nc(N)c2ncn(CC(=C)C)c2n1. The van der Waals surface area contributed by atoms with Crippen molar-refractivity contribution in [2.24, 2.45) is 0 Å². The number of hydrogen-bond acceptors (Lipinski definition) is 5. The average Bonchev–Trinajstić information content (AvgIpc) is 2.73. The standard InChI is InChI=1S/C13H17N5O/c1-4-5-6-19-13-16-11(14)10-12(17-13)18(8-15-10)7-9(2)3/h4,8H,1-2,5-7H2,3H3,(H2,14,16,17). The molecule has 0 saturated carbocycles. The van der Waals surface area contributed by atoms with Gasteiger partial charge in [0, 0.05) is 6.54 Å². The maximum Gasteiger partial charge on any atom is 0.320 e. The lowest BCUT2D eigenvalue weighted by Crippen LogP contribution is -2.05. The summed E-state index contributed by atoms with van der Waals surface area (Å²) < 4.78 is 7.30. The van der Waals surface area contributed by atoms with E-state index in [9.17, 15) is 0 Å². The number of allylic oxidation sites excluding steroid dienone is 1. The molecule has 2 heterocycles. The molecule has 19 heavy (non-hydrogen) atoms. The van der Waals surface area contributed by atoms with Crippen LogP contribution in [0.3, 0.4) is 0 Å². The Bertz CT molecular complexity index is 617. The number of anilines is 1. The molecule has 2 aromatic rings. The van der Waals surface area contributed by atoms with E-state index >= 15 is 0 Å². The van der Waals surface area contributed by atoms with E-state index in [-0.39, 0.29) is 6.01 Å². The third-order valence-corrected chi connectivity index (χ3v) is 2.46. The van der Waals surface area contributed by atoms with Crippen LogP contribution in [0.5, 0.6) is 6.01 Å². The largest absolute Gasteiger partial charge is 0.463 e. The number of ether oxygens (including phenoxy) is 1. The van der Waals surface area contributed by atoms with Gasteiger partial charge in [-0.25, -0.2) is 4.98 Å². The first-order chi connectivity index (χ1) is 9.11. The number of nitrogens with zero attached hydrogens (tertiary/aromatic N) is 4. The lowest BCUT2D eigenvalue weighted by molar-refractivity contribution is 0.300. The Kier molecular flexibility index (Phi) is 3.79. The highest BCUT2D eigenvalue weighted by atomic mass is 16.5. The van der Waals surface area contributed by atoms with Crippen molar-refractivity contribution in [3.05, 3.63) is 31.1 Å². The fourth-order valence-corrected chi connectivity index (χ4v) is 1.65. The Morgan fingerprint density at radius 2 is 2.32 bits per heavy atom. The van der Waals surface area contributed by atoms with Gasteiger partial charge in [0.2, 0.25) is 0 Å². The number of hydrogen-bond donors (Lipinski definition) is 1. The van der Waals surface area contributed by atoms with Crippen molar-refractivity contribution in [3.63, 3.8) is 0 Å². The molecule has 0 aliphatic rings. The summed E-state index contributed by atoms with van der Waals surface area (Å²) in [5, 5.41) is 0. The van der Waals surface area contributed by atoms with Crippen LogP contribution in [-0.2, 0) is 6.54 Å². The molecule has 0 fully saturated rings. The van der Waals surface area contributed by atoms with E-state index in [1.807, 2.05) is 11.5 Å². The fourth-order valence-electron chi connectivity index (χ4n) is 1.65. The Hall–Kier alpha value is -2.37. The van der Waals surface area contributed by atoms with Crippen LogP contribution >= 0.6 is 0 Å². The number of fused-ring (bicyclic) bond motifs is 1. The lowest BCUT2D eigenvalue weighted by Gasteiger charge is -2.06. The zero-order chi connectivity index (χ0) is 13.8. The number of nitrogens with two attached hydrogens (primary N) is 1. The van der Waals surface area contributed by atoms with Crippen LogP contribution < -0.4 is 10.5 Å². The molecular weight excluding hydrogens is 242 g/mol. The quantitative estimate of drug-likeness (QED) is 0.633. The first-order valence-electron chi connectivity index (χ1n) is 5.98. The van der Waals surface area contributed by atoms with Gasteiger partial charge in [0.15, 0.2) is 17.0 Å². The van der Waals surface area contributed by atoms with Crippen molar-refractivity contribution >= 4 is 17.0 Å². The lowest BCUT2D eigenvalue weighted by atomic mass is 10.3. The minimum atomic E-state index is 0.260. The summed E-state index contributed by atoms with van der Waals surface area (Å²) in [5.41, 5.74) is 8.10. The van der Waals surface area contributed by atoms with Gasteiger partial charge in [-0.1, -0.05) is 18.2 Å². The van der Waals surface area contributed by atoms with Gasteiger partial charge in [-0.2, -0.15) is 9.97 Å². The van der Waals surface area contributed by atoms with Crippen LogP contribution in [0.25, 0.3) is 11.2 Å². The van der Waals surface area contributed by atoms with Crippen molar-refractivity contribution in [2.45, 2.75) is 19.9 Å². The molecule has 2 aromatic heterocycles. The van der Waals surface area contributed by atoms with Crippen molar-refractivity contribution in [1.29, 1.82) is 0 Å². The molecule has 0 radical (unpaired) electrons. The van der Waals surface area contributed by atoms with Crippen LogP contribution in [0, 0.1) is 0 Å². The summed E-state index contributed by atoms with van der Waals surface area (Å²) in [5.74, 6) is 0.319. The van der Waals surface area contributed by atoms with Crippen LogP contribution in [0.2, 0.25) is 0 Å². The summed E-state index contributed by atoms with van der Waals surface area (Å²) in [7, 11) is 0. The zero-order valence-electron chi connectivity index (χ0n) is 11.0. The van der Waals surface area contributed by atoms with Gasteiger partial charge >= 0.3 is 6.01 Å². The molecule has 2 rings (SSSR count). The molecule has 0 spiro atoms. The summed E-state index contributed by atoms with van der Waals surface area (Å²) >= 11 is 0. The smallest absolute Gasteiger partial charge is 0.320 e. The molecule has 0 bridgehead atoms. The van der Waals surface area contributed by atoms with Gasteiger partial charge < -0.3 is 15.0 Å². The van der Waals surface area contributed by atoms with Gasteiger partial charge in [0.05, 0.1) is 12.9 Å². The van der Waals surface area contributed by atoms with Crippen molar-refractivity contribution in [1.82, 2.24) is 19.5 Å². The summed E-state index contributed by atoms with van der Waals surface area (Å²) in [6.07, 6.45) is 4.18. The average molecular weight is 259 g/mol. The van der Waals surface area contributed by atoms with Crippen molar-refractivity contribution < 1.29 is 4.74 Å². The molecule has 0 unspecified atom stereocenters.